The first-order valence-corrected chi connectivity index (χ1v) is 13.9. The first-order chi connectivity index (χ1) is 20.0. The average molecular weight is 577 g/mol. The Morgan fingerprint density at radius 3 is 2.02 bits per heavy atom. The number of amides is 3. The Bertz CT molecular complexity index is 1300. The zero-order valence-corrected chi connectivity index (χ0v) is 24.5. The lowest BCUT2D eigenvalue weighted by Crippen LogP contribution is -2.55. The molecular weight excluding hydrogens is 536 g/mol. The average Bonchev–Trinajstić information content (AvgIpc) is 2.97. The first-order valence-electron chi connectivity index (χ1n) is 13.9. The van der Waals surface area contributed by atoms with Gasteiger partial charge in [-0.05, 0) is 65.5 Å². The Morgan fingerprint density at radius 2 is 1.45 bits per heavy atom. The van der Waals surface area contributed by atoms with Crippen LogP contribution in [0.25, 0.3) is 11.1 Å². The molecule has 3 atom stereocenters. The van der Waals surface area contributed by atoms with Crippen molar-refractivity contribution < 1.29 is 29.4 Å². The highest BCUT2D eigenvalue weighted by Gasteiger charge is 2.34. The number of ether oxygens (including phenoxy) is 1. The van der Waals surface area contributed by atoms with Crippen molar-refractivity contribution in [2.45, 2.75) is 64.6 Å². The molecule has 42 heavy (non-hydrogen) atoms. The van der Waals surface area contributed by atoms with Crippen molar-refractivity contribution in [3.8, 4) is 11.1 Å². The number of nitrogens with zero attached hydrogens (tertiary/aromatic N) is 2. The summed E-state index contributed by atoms with van der Waals surface area (Å²) in [6, 6.07) is 19.1. The summed E-state index contributed by atoms with van der Waals surface area (Å²) in [5.41, 5.74) is 3.25. The number of alkyl carbamates (subject to hydrolysis) is 1. The van der Waals surface area contributed by atoms with Gasteiger partial charge in [0.25, 0.3) is 0 Å². The molecule has 1 aromatic heterocycles. The third-order valence-corrected chi connectivity index (χ3v) is 7.08. The van der Waals surface area contributed by atoms with Gasteiger partial charge in [0.15, 0.2) is 0 Å². The maximum atomic E-state index is 13.4. The molecular formula is C32H40N4O6. The van der Waals surface area contributed by atoms with Crippen molar-refractivity contribution in [1.82, 2.24) is 20.7 Å². The van der Waals surface area contributed by atoms with E-state index in [1.54, 1.807) is 12.4 Å². The van der Waals surface area contributed by atoms with Crippen LogP contribution in [0.4, 0.5) is 9.59 Å². The predicted molar refractivity (Wildman–Crippen MR) is 159 cm³/mol. The second-order valence-corrected chi connectivity index (χ2v) is 11.3. The SMILES string of the molecule is COC(=O)N[C@H](C(=O)N[C@@H](CCC(Cc1ccc(-c2ccncc2)cc1)N(O)C(=O)O)Cc1ccccc1)C(C)(C)C. The fourth-order valence-corrected chi connectivity index (χ4v) is 4.77. The third kappa shape index (κ3) is 9.59. The maximum Gasteiger partial charge on any atom is 0.431 e. The normalized spacial score (nSPS) is 13.4. The number of carboxylic acid groups (broad SMARTS) is 1. The van der Waals surface area contributed by atoms with Gasteiger partial charge < -0.3 is 20.5 Å². The lowest BCUT2D eigenvalue weighted by Gasteiger charge is -2.32. The summed E-state index contributed by atoms with van der Waals surface area (Å²) in [7, 11) is 1.24. The molecule has 3 amide bonds. The highest BCUT2D eigenvalue weighted by atomic mass is 16.6. The first kappa shape index (κ1) is 32.1. The number of pyridine rings is 1. The Labute approximate surface area is 246 Å². The van der Waals surface area contributed by atoms with Crippen molar-refractivity contribution >= 4 is 18.1 Å². The molecule has 0 radical (unpaired) electrons. The van der Waals surface area contributed by atoms with E-state index in [-0.39, 0.29) is 18.7 Å². The van der Waals surface area contributed by atoms with Gasteiger partial charge in [-0.1, -0.05) is 75.4 Å². The number of aromatic nitrogens is 1. The van der Waals surface area contributed by atoms with Gasteiger partial charge in [-0.2, -0.15) is 5.06 Å². The topological polar surface area (TPSA) is 141 Å². The van der Waals surface area contributed by atoms with Gasteiger partial charge in [0.05, 0.1) is 13.2 Å². The highest BCUT2D eigenvalue weighted by Crippen LogP contribution is 2.23. The summed E-state index contributed by atoms with van der Waals surface area (Å²) in [5.74, 6) is -0.379. The monoisotopic (exact) mass is 576 g/mol. The molecule has 0 fully saturated rings. The van der Waals surface area contributed by atoms with E-state index in [4.69, 9.17) is 4.74 Å². The molecule has 3 rings (SSSR count). The lowest BCUT2D eigenvalue weighted by atomic mass is 9.85. The van der Waals surface area contributed by atoms with Gasteiger partial charge in [-0.15, -0.1) is 0 Å². The molecule has 224 valence electrons. The quantitative estimate of drug-likeness (QED) is 0.169. The van der Waals surface area contributed by atoms with Gasteiger partial charge in [0.1, 0.15) is 6.04 Å². The van der Waals surface area contributed by atoms with Crippen LogP contribution < -0.4 is 10.6 Å². The van der Waals surface area contributed by atoms with Crippen LogP contribution in [0.5, 0.6) is 0 Å². The Morgan fingerprint density at radius 1 is 0.857 bits per heavy atom. The Kier molecular flexibility index (Phi) is 11.4. The van der Waals surface area contributed by atoms with Gasteiger partial charge in [-0.3, -0.25) is 15.0 Å². The molecule has 4 N–H and O–H groups in total. The molecule has 0 saturated carbocycles. The van der Waals surface area contributed by atoms with E-state index in [9.17, 15) is 24.7 Å². The summed E-state index contributed by atoms with van der Waals surface area (Å²) in [6.45, 7) is 5.52. The van der Waals surface area contributed by atoms with E-state index < -0.39 is 35.7 Å². The Hall–Kier alpha value is -4.44. The molecule has 1 heterocycles. The van der Waals surface area contributed by atoms with Gasteiger partial charge in [0, 0.05) is 18.4 Å². The summed E-state index contributed by atoms with van der Waals surface area (Å²) < 4.78 is 4.72. The molecule has 0 aliphatic heterocycles. The predicted octanol–water partition coefficient (Wildman–Crippen LogP) is 5.31. The van der Waals surface area contributed by atoms with Crippen molar-refractivity contribution in [3.63, 3.8) is 0 Å². The van der Waals surface area contributed by atoms with Gasteiger partial charge in [0.2, 0.25) is 5.91 Å². The zero-order valence-electron chi connectivity index (χ0n) is 24.5. The van der Waals surface area contributed by atoms with E-state index in [1.807, 2.05) is 87.5 Å². The molecule has 0 spiro atoms. The number of hydroxylamine groups is 2. The van der Waals surface area contributed by atoms with E-state index >= 15 is 0 Å². The number of rotatable bonds is 12. The summed E-state index contributed by atoms with van der Waals surface area (Å²) in [6.07, 6.45) is 2.68. The van der Waals surface area contributed by atoms with Crippen LogP contribution >= 0.6 is 0 Å². The fourth-order valence-electron chi connectivity index (χ4n) is 4.77. The number of carbonyl (C=O) groups excluding carboxylic acids is 2. The van der Waals surface area contributed by atoms with Gasteiger partial charge in [-0.25, -0.2) is 9.59 Å². The van der Waals surface area contributed by atoms with Crippen LogP contribution in [-0.4, -0.2) is 63.7 Å². The fraction of sp³-hybridized carbons (Fsp3) is 0.375. The van der Waals surface area contributed by atoms with E-state index in [0.717, 1.165) is 22.3 Å². The standard InChI is InChI=1S/C32H40N4O6/c1-32(2,3)28(35-30(38)42-4)29(37)34-26(20-22-8-6-5-7-9-22)14-15-27(36(41)31(39)40)21-23-10-12-24(13-11-23)25-16-18-33-19-17-25/h5-13,16-19,26-28,41H,14-15,20-21H2,1-4H3,(H,34,37)(H,35,38)(H,39,40)/t26-,27?,28+/m0/s1. The minimum atomic E-state index is -1.45. The number of nitrogens with one attached hydrogen (secondary N) is 2. The number of hydrogen-bond donors (Lipinski definition) is 4. The summed E-state index contributed by atoms with van der Waals surface area (Å²) in [5, 5.41) is 26.1. The second-order valence-electron chi connectivity index (χ2n) is 11.3. The number of carbonyl (C=O) groups is 3. The minimum absolute atomic E-state index is 0.275. The third-order valence-electron chi connectivity index (χ3n) is 7.08. The van der Waals surface area contributed by atoms with E-state index in [2.05, 4.69) is 15.6 Å². The van der Waals surface area contributed by atoms with Crippen molar-refractivity contribution in [3.05, 3.63) is 90.3 Å². The van der Waals surface area contributed by atoms with E-state index in [0.29, 0.717) is 17.9 Å². The van der Waals surface area contributed by atoms with Crippen LogP contribution in [0.2, 0.25) is 0 Å². The van der Waals surface area contributed by atoms with E-state index in [1.165, 1.54) is 7.11 Å². The molecule has 0 saturated heterocycles. The summed E-state index contributed by atoms with van der Waals surface area (Å²) >= 11 is 0. The smallest absolute Gasteiger partial charge is 0.431 e. The largest absolute Gasteiger partial charge is 0.463 e. The van der Waals surface area contributed by atoms with Gasteiger partial charge >= 0.3 is 12.2 Å². The van der Waals surface area contributed by atoms with Crippen molar-refractivity contribution in [2.75, 3.05) is 7.11 Å². The van der Waals surface area contributed by atoms with Crippen LogP contribution in [0.3, 0.4) is 0 Å². The van der Waals surface area contributed by atoms with Crippen molar-refractivity contribution in [1.29, 1.82) is 0 Å². The van der Waals surface area contributed by atoms with Crippen LogP contribution in [0.15, 0.2) is 79.1 Å². The second kappa shape index (κ2) is 15.0. The maximum absolute atomic E-state index is 13.4. The lowest BCUT2D eigenvalue weighted by molar-refractivity contribution is -0.126. The molecule has 2 aromatic carbocycles. The molecule has 1 unspecified atom stereocenters. The minimum Gasteiger partial charge on any atom is -0.463 e. The molecule has 0 aliphatic rings. The van der Waals surface area contributed by atoms with Crippen LogP contribution in [0.1, 0.15) is 44.7 Å². The number of benzene rings is 2. The highest BCUT2D eigenvalue weighted by molar-refractivity contribution is 5.86. The molecule has 10 heteroatoms. The van der Waals surface area contributed by atoms with Crippen LogP contribution in [-0.2, 0) is 22.4 Å². The number of methoxy groups -OCH3 is 1. The molecule has 0 aliphatic carbocycles. The molecule has 10 nitrogen and oxygen atoms in total. The van der Waals surface area contributed by atoms with Crippen LogP contribution in [0, 0.1) is 5.41 Å². The molecule has 3 aromatic rings. The number of hydrogen-bond acceptors (Lipinski definition) is 6. The zero-order chi connectivity index (χ0) is 30.7. The Balaban J connectivity index is 1.78. The van der Waals surface area contributed by atoms with Crippen molar-refractivity contribution in [2.24, 2.45) is 5.41 Å². The summed E-state index contributed by atoms with van der Waals surface area (Å²) in [4.78, 5) is 41.2. The molecule has 0 bridgehead atoms.